The zero-order valence-corrected chi connectivity index (χ0v) is 15.8. The predicted molar refractivity (Wildman–Crippen MR) is 98.1 cm³/mol. The maximum Gasteiger partial charge on any atom is 0.217 e. The molecule has 0 aliphatic carbocycles. The van der Waals surface area contributed by atoms with Gasteiger partial charge in [0.25, 0.3) is 0 Å². The van der Waals surface area contributed by atoms with Gasteiger partial charge in [0.2, 0.25) is 10.0 Å². The highest BCUT2D eigenvalue weighted by Crippen LogP contribution is 2.31. The first-order valence-electron chi connectivity index (χ1n) is 7.88. The van der Waals surface area contributed by atoms with Crippen molar-refractivity contribution in [2.24, 2.45) is 0 Å². The Balaban J connectivity index is 1.95. The van der Waals surface area contributed by atoms with E-state index in [4.69, 9.17) is 4.74 Å². The molecule has 0 saturated carbocycles. The van der Waals surface area contributed by atoms with Crippen molar-refractivity contribution in [3.05, 3.63) is 70.2 Å². The summed E-state index contributed by atoms with van der Waals surface area (Å²) in [6.45, 7) is 2.45. The molecule has 24 heavy (non-hydrogen) atoms. The van der Waals surface area contributed by atoms with Crippen molar-refractivity contribution in [1.82, 2.24) is 4.31 Å². The van der Waals surface area contributed by atoms with E-state index >= 15 is 0 Å². The normalized spacial score (nSPS) is 24.4. The molecule has 0 bridgehead atoms. The van der Waals surface area contributed by atoms with Crippen LogP contribution in [0, 0.1) is 0 Å². The lowest BCUT2D eigenvalue weighted by atomic mass is 10.0. The van der Waals surface area contributed by atoms with Gasteiger partial charge in [0.1, 0.15) is 0 Å². The van der Waals surface area contributed by atoms with Gasteiger partial charge in [-0.15, -0.1) is 0 Å². The minimum atomic E-state index is -3.38. The Morgan fingerprint density at radius 2 is 1.79 bits per heavy atom. The first kappa shape index (κ1) is 17.6. The number of halogens is 1. The van der Waals surface area contributed by atoms with Crippen LogP contribution in [0.5, 0.6) is 0 Å². The Bertz CT molecular complexity index is 795. The number of benzene rings is 2. The summed E-state index contributed by atoms with van der Waals surface area (Å²) >= 11 is 3.51. The molecule has 2 atom stereocenters. The molecule has 3 rings (SSSR count). The second kappa shape index (κ2) is 7.35. The molecule has 0 aromatic heterocycles. The first-order valence-corrected chi connectivity index (χ1v) is 10.3. The van der Waals surface area contributed by atoms with E-state index in [9.17, 15) is 8.42 Å². The van der Waals surface area contributed by atoms with Crippen molar-refractivity contribution in [3.63, 3.8) is 0 Å². The number of hydrogen-bond acceptors (Lipinski definition) is 3. The van der Waals surface area contributed by atoms with Crippen molar-refractivity contribution in [2.45, 2.75) is 25.6 Å². The van der Waals surface area contributed by atoms with E-state index in [1.165, 1.54) is 0 Å². The second-order valence-electron chi connectivity index (χ2n) is 5.90. The highest BCUT2D eigenvalue weighted by molar-refractivity contribution is 9.10. The third-order valence-corrected chi connectivity index (χ3v) is 6.93. The molecule has 128 valence electrons. The molecule has 4 nitrogen and oxygen atoms in total. The molecule has 0 radical (unpaired) electrons. The fraction of sp³-hybridized carbons (Fsp3) is 0.333. The van der Waals surface area contributed by atoms with Gasteiger partial charge in [-0.3, -0.25) is 0 Å². The molecule has 1 aliphatic rings. The molecule has 0 amide bonds. The lowest BCUT2D eigenvalue weighted by Crippen LogP contribution is -2.40. The van der Waals surface area contributed by atoms with Crippen LogP contribution in [0.3, 0.4) is 0 Å². The summed E-state index contributed by atoms with van der Waals surface area (Å²) in [5.74, 6) is 0.00509. The first-order chi connectivity index (χ1) is 11.5. The Labute approximate surface area is 151 Å². The zero-order valence-electron chi connectivity index (χ0n) is 13.4. The maximum atomic E-state index is 12.7. The number of sulfonamides is 1. The smallest absolute Gasteiger partial charge is 0.217 e. The fourth-order valence-corrected chi connectivity index (χ4v) is 4.90. The van der Waals surface area contributed by atoms with Crippen molar-refractivity contribution >= 4 is 26.0 Å². The largest absolute Gasteiger partial charge is 0.371 e. The molecule has 0 unspecified atom stereocenters. The van der Waals surface area contributed by atoms with Gasteiger partial charge in [0.15, 0.2) is 0 Å². The summed E-state index contributed by atoms with van der Waals surface area (Å²) in [6.07, 6.45) is -0.272. The summed E-state index contributed by atoms with van der Waals surface area (Å²) in [5, 5.41) is 0. The van der Waals surface area contributed by atoms with Crippen molar-refractivity contribution in [1.29, 1.82) is 0 Å². The quantitative estimate of drug-likeness (QED) is 0.775. The lowest BCUT2D eigenvalue weighted by Gasteiger charge is -2.31. The topological polar surface area (TPSA) is 46.6 Å². The van der Waals surface area contributed by atoms with E-state index in [1.54, 1.807) is 4.31 Å². The Hall–Kier alpha value is -1.21. The van der Waals surface area contributed by atoms with Gasteiger partial charge >= 0.3 is 0 Å². The van der Waals surface area contributed by atoms with Crippen LogP contribution in [-0.4, -0.2) is 31.1 Å². The molecule has 1 fully saturated rings. The minimum absolute atomic E-state index is 0.00509. The maximum absolute atomic E-state index is 12.7. The van der Waals surface area contributed by atoms with Gasteiger partial charge in [-0.05, 0) is 24.1 Å². The fourth-order valence-electron chi connectivity index (χ4n) is 3.00. The summed E-state index contributed by atoms with van der Waals surface area (Å²) in [5.41, 5.74) is 1.95. The van der Waals surface area contributed by atoms with Crippen molar-refractivity contribution < 1.29 is 13.2 Å². The molecule has 2 aromatic rings. The van der Waals surface area contributed by atoms with Crippen LogP contribution in [0.15, 0.2) is 59.1 Å². The molecule has 1 aliphatic heterocycles. The third kappa shape index (κ3) is 3.72. The summed E-state index contributed by atoms with van der Waals surface area (Å²) < 4.78 is 33.9. The minimum Gasteiger partial charge on any atom is -0.371 e. The SMILES string of the molecule is C[C@@H]1[C@H](c2ccccc2)OCCS(=O)(=O)N1Cc1ccccc1Br. The monoisotopic (exact) mass is 409 g/mol. The molecular weight excluding hydrogens is 390 g/mol. The van der Waals surface area contributed by atoms with Gasteiger partial charge in [0, 0.05) is 11.0 Å². The van der Waals surface area contributed by atoms with Gasteiger partial charge in [0.05, 0.1) is 24.5 Å². The van der Waals surface area contributed by atoms with Crippen LogP contribution in [-0.2, 0) is 21.3 Å². The lowest BCUT2D eigenvalue weighted by molar-refractivity contribution is 0.0268. The van der Waals surface area contributed by atoms with E-state index < -0.39 is 10.0 Å². The predicted octanol–water partition coefficient (Wildman–Crippen LogP) is 3.74. The Kier molecular flexibility index (Phi) is 5.39. The summed E-state index contributed by atoms with van der Waals surface area (Å²) in [6, 6.07) is 17.2. The summed E-state index contributed by atoms with van der Waals surface area (Å²) in [7, 11) is -3.38. The highest BCUT2D eigenvalue weighted by atomic mass is 79.9. The second-order valence-corrected chi connectivity index (χ2v) is 8.79. The molecule has 1 saturated heterocycles. The molecule has 0 N–H and O–H groups in total. The van der Waals surface area contributed by atoms with Crippen LogP contribution in [0.1, 0.15) is 24.2 Å². The molecule has 0 spiro atoms. The third-order valence-electron chi connectivity index (χ3n) is 4.30. The van der Waals surface area contributed by atoms with Gasteiger partial charge < -0.3 is 4.74 Å². The Morgan fingerprint density at radius 1 is 1.12 bits per heavy atom. The van der Waals surface area contributed by atoms with E-state index in [0.29, 0.717) is 6.54 Å². The van der Waals surface area contributed by atoms with E-state index in [2.05, 4.69) is 15.9 Å². The molecule has 2 aromatic carbocycles. The number of hydrogen-bond donors (Lipinski definition) is 0. The van der Waals surface area contributed by atoms with Crippen molar-refractivity contribution in [2.75, 3.05) is 12.4 Å². The summed E-state index contributed by atoms with van der Waals surface area (Å²) in [4.78, 5) is 0. The van der Waals surface area contributed by atoms with E-state index in [-0.39, 0.29) is 24.5 Å². The average Bonchev–Trinajstić information content (AvgIpc) is 2.68. The van der Waals surface area contributed by atoms with Crippen LogP contribution in [0.4, 0.5) is 0 Å². The van der Waals surface area contributed by atoms with Gasteiger partial charge in [-0.2, -0.15) is 4.31 Å². The van der Waals surface area contributed by atoms with Crippen molar-refractivity contribution in [3.8, 4) is 0 Å². The standard InChI is InChI=1S/C18H20BrNO3S/c1-14-18(15-7-3-2-4-8-15)23-11-12-24(21,22)20(14)13-16-9-5-6-10-17(16)19/h2-10,14,18H,11-13H2,1H3/t14-,18-/m1/s1. The van der Waals surface area contributed by atoms with Crippen LogP contribution < -0.4 is 0 Å². The molecule has 6 heteroatoms. The van der Waals surface area contributed by atoms with E-state index in [0.717, 1.165) is 15.6 Å². The van der Waals surface area contributed by atoms with Crippen LogP contribution in [0.25, 0.3) is 0 Å². The zero-order chi connectivity index (χ0) is 17.2. The molecule has 1 heterocycles. The number of ether oxygens (including phenoxy) is 1. The van der Waals surface area contributed by atoms with Crippen LogP contribution >= 0.6 is 15.9 Å². The van der Waals surface area contributed by atoms with Gasteiger partial charge in [-0.25, -0.2) is 8.42 Å². The highest BCUT2D eigenvalue weighted by Gasteiger charge is 2.37. The van der Waals surface area contributed by atoms with Crippen LogP contribution in [0.2, 0.25) is 0 Å². The number of rotatable bonds is 3. The van der Waals surface area contributed by atoms with E-state index in [1.807, 2.05) is 61.5 Å². The number of nitrogens with zero attached hydrogens (tertiary/aromatic N) is 1. The Morgan fingerprint density at radius 3 is 2.50 bits per heavy atom. The van der Waals surface area contributed by atoms with Gasteiger partial charge in [-0.1, -0.05) is 64.5 Å². The average molecular weight is 410 g/mol. The molecular formula is C18H20BrNO3S.